The van der Waals surface area contributed by atoms with Gasteiger partial charge in [0.1, 0.15) is 0 Å². The van der Waals surface area contributed by atoms with E-state index in [2.05, 4.69) is 4.98 Å². The van der Waals surface area contributed by atoms with E-state index in [4.69, 9.17) is 16.3 Å². The number of carbonyl (C=O) groups excluding carboxylic acids is 2. The predicted molar refractivity (Wildman–Crippen MR) is 79.8 cm³/mol. The first kappa shape index (κ1) is 15.0. The molecule has 0 aliphatic carbocycles. The highest BCUT2D eigenvalue weighted by Crippen LogP contribution is 2.23. The van der Waals surface area contributed by atoms with Crippen LogP contribution < -0.4 is 4.90 Å². The number of methoxy groups -OCH3 is 1. The van der Waals surface area contributed by atoms with Crippen LogP contribution >= 0.6 is 11.6 Å². The number of carbonyl (C=O) groups is 2. The first-order valence-electron chi connectivity index (χ1n) is 6.11. The van der Waals surface area contributed by atoms with Crippen LogP contribution in [0.1, 0.15) is 20.7 Å². The molecule has 1 aromatic heterocycles. The topological polar surface area (TPSA) is 59.5 Å². The van der Waals surface area contributed by atoms with Crippen LogP contribution in [0.15, 0.2) is 42.7 Å². The van der Waals surface area contributed by atoms with Gasteiger partial charge in [0.15, 0.2) is 0 Å². The molecule has 2 aromatic rings. The van der Waals surface area contributed by atoms with Gasteiger partial charge in [-0.15, -0.1) is 0 Å². The minimum atomic E-state index is -0.508. The fourth-order valence-corrected chi connectivity index (χ4v) is 2.09. The number of para-hydroxylation sites is 1. The highest BCUT2D eigenvalue weighted by atomic mass is 35.5. The first-order chi connectivity index (χ1) is 10.1. The molecule has 2 rings (SSSR count). The lowest BCUT2D eigenvalue weighted by molar-refractivity contribution is 0.0601. The second kappa shape index (κ2) is 6.37. The van der Waals surface area contributed by atoms with Gasteiger partial charge in [-0.25, -0.2) is 4.79 Å². The Hall–Kier alpha value is -2.40. The zero-order chi connectivity index (χ0) is 15.4. The van der Waals surface area contributed by atoms with E-state index in [1.54, 1.807) is 31.3 Å². The third kappa shape index (κ3) is 3.03. The average molecular weight is 305 g/mol. The van der Waals surface area contributed by atoms with Crippen LogP contribution in [0.25, 0.3) is 0 Å². The molecule has 0 atom stereocenters. The monoisotopic (exact) mass is 304 g/mol. The number of aromatic nitrogens is 1. The lowest BCUT2D eigenvalue weighted by Gasteiger charge is -2.20. The summed E-state index contributed by atoms with van der Waals surface area (Å²) in [5.74, 6) is -0.843. The van der Waals surface area contributed by atoms with Crippen molar-refractivity contribution in [1.82, 2.24) is 4.98 Å². The van der Waals surface area contributed by atoms with E-state index >= 15 is 0 Å². The molecule has 5 nitrogen and oxygen atoms in total. The van der Waals surface area contributed by atoms with E-state index < -0.39 is 5.97 Å². The second-order valence-electron chi connectivity index (χ2n) is 4.23. The summed E-state index contributed by atoms with van der Waals surface area (Å²) in [6.45, 7) is 0. The van der Waals surface area contributed by atoms with Gasteiger partial charge in [0, 0.05) is 19.4 Å². The molecule has 0 aliphatic heterocycles. The maximum absolute atomic E-state index is 12.5. The maximum atomic E-state index is 12.5. The van der Waals surface area contributed by atoms with Crippen LogP contribution in [0.4, 0.5) is 5.69 Å². The quantitative estimate of drug-likeness (QED) is 0.818. The number of esters is 1. The number of ether oxygens (including phenoxy) is 1. The number of benzene rings is 1. The van der Waals surface area contributed by atoms with Crippen molar-refractivity contribution in [3.05, 3.63) is 58.9 Å². The predicted octanol–water partition coefficient (Wildman–Crippen LogP) is 2.80. The van der Waals surface area contributed by atoms with Gasteiger partial charge in [-0.05, 0) is 18.2 Å². The minimum absolute atomic E-state index is 0.255. The van der Waals surface area contributed by atoms with E-state index in [9.17, 15) is 9.59 Å². The van der Waals surface area contributed by atoms with Crippen LogP contribution in [0, 0.1) is 0 Å². The molecule has 1 heterocycles. The van der Waals surface area contributed by atoms with E-state index in [0.717, 1.165) is 0 Å². The molecule has 0 N–H and O–H groups in total. The van der Waals surface area contributed by atoms with Crippen molar-refractivity contribution < 1.29 is 14.3 Å². The smallest absolute Gasteiger partial charge is 0.339 e. The van der Waals surface area contributed by atoms with Gasteiger partial charge in [0.25, 0.3) is 5.91 Å². The second-order valence-corrected chi connectivity index (χ2v) is 4.64. The number of amides is 1. The number of hydrogen-bond donors (Lipinski definition) is 0. The Morgan fingerprint density at radius 3 is 2.57 bits per heavy atom. The van der Waals surface area contributed by atoms with E-state index in [-0.39, 0.29) is 10.9 Å². The van der Waals surface area contributed by atoms with E-state index in [0.29, 0.717) is 16.8 Å². The molecule has 0 bridgehead atoms. The first-order valence-corrected chi connectivity index (χ1v) is 6.49. The molecule has 6 heteroatoms. The molecule has 1 amide bonds. The molecule has 0 unspecified atom stereocenters. The molecule has 0 fully saturated rings. The molecule has 0 saturated carbocycles. The number of nitrogens with zero attached hydrogens (tertiary/aromatic N) is 2. The summed E-state index contributed by atoms with van der Waals surface area (Å²) >= 11 is 5.98. The summed E-state index contributed by atoms with van der Waals surface area (Å²) in [6, 6.07) is 8.23. The Labute approximate surface area is 127 Å². The molecular formula is C15H13ClN2O3. The fourth-order valence-electron chi connectivity index (χ4n) is 1.89. The number of anilines is 1. The molecule has 0 radical (unpaired) electrons. The van der Waals surface area contributed by atoms with Gasteiger partial charge in [0.05, 0.1) is 28.9 Å². The fraction of sp³-hybridized carbons (Fsp3) is 0.133. The summed E-state index contributed by atoms with van der Waals surface area (Å²) in [5.41, 5.74) is 1.07. The van der Waals surface area contributed by atoms with Crippen molar-refractivity contribution in [2.45, 2.75) is 0 Å². The van der Waals surface area contributed by atoms with Crippen LogP contribution in [0.5, 0.6) is 0 Å². The van der Waals surface area contributed by atoms with Gasteiger partial charge in [-0.1, -0.05) is 23.7 Å². The summed E-state index contributed by atoms with van der Waals surface area (Å²) in [4.78, 5) is 29.5. The van der Waals surface area contributed by atoms with Crippen molar-refractivity contribution in [1.29, 1.82) is 0 Å². The number of rotatable bonds is 3. The Bertz CT molecular complexity index is 688. The molecular weight excluding hydrogens is 292 g/mol. The van der Waals surface area contributed by atoms with E-state index in [1.165, 1.54) is 30.5 Å². The Morgan fingerprint density at radius 2 is 1.90 bits per heavy atom. The third-order valence-electron chi connectivity index (χ3n) is 2.98. The Kier molecular flexibility index (Phi) is 4.55. The number of pyridine rings is 1. The van der Waals surface area contributed by atoms with Crippen molar-refractivity contribution in [3.63, 3.8) is 0 Å². The molecule has 1 aromatic carbocycles. The highest BCUT2D eigenvalue weighted by Gasteiger charge is 2.21. The standard InChI is InChI=1S/C15H13ClN2O3/c1-18(14(19)10-7-8-17-9-12(10)16)13-6-4-3-5-11(13)15(20)21-2/h3-9H,1-2H3. The lowest BCUT2D eigenvalue weighted by atomic mass is 10.1. The maximum Gasteiger partial charge on any atom is 0.339 e. The van der Waals surface area contributed by atoms with Crippen molar-refractivity contribution >= 4 is 29.2 Å². The normalized spacial score (nSPS) is 10.0. The SMILES string of the molecule is COC(=O)c1ccccc1N(C)C(=O)c1ccncc1Cl. The molecule has 0 spiro atoms. The van der Waals surface area contributed by atoms with Gasteiger partial charge < -0.3 is 9.64 Å². The van der Waals surface area contributed by atoms with Crippen LogP contribution in [-0.4, -0.2) is 31.0 Å². The summed E-state index contributed by atoms with van der Waals surface area (Å²) < 4.78 is 4.72. The summed E-state index contributed by atoms with van der Waals surface area (Å²) in [6.07, 6.45) is 2.88. The molecule has 108 valence electrons. The third-order valence-corrected chi connectivity index (χ3v) is 3.28. The van der Waals surface area contributed by atoms with Gasteiger partial charge >= 0.3 is 5.97 Å². The highest BCUT2D eigenvalue weighted by molar-refractivity contribution is 6.34. The van der Waals surface area contributed by atoms with Crippen molar-refractivity contribution in [2.24, 2.45) is 0 Å². The number of halogens is 1. The Balaban J connectivity index is 2.41. The minimum Gasteiger partial charge on any atom is -0.465 e. The zero-order valence-electron chi connectivity index (χ0n) is 11.5. The number of hydrogen-bond acceptors (Lipinski definition) is 4. The molecule has 0 aliphatic rings. The Morgan fingerprint density at radius 1 is 1.19 bits per heavy atom. The van der Waals surface area contributed by atoms with Crippen LogP contribution in [0.2, 0.25) is 5.02 Å². The molecule has 21 heavy (non-hydrogen) atoms. The average Bonchev–Trinajstić information content (AvgIpc) is 2.53. The zero-order valence-corrected chi connectivity index (χ0v) is 12.3. The van der Waals surface area contributed by atoms with E-state index in [1.807, 2.05) is 0 Å². The van der Waals surface area contributed by atoms with Crippen molar-refractivity contribution in [3.8, 4) is 0 Å². The van der Waals surface area contributed by atoms with Gasteiger partial charge in [-0.3, -0.25) is 9.78 Å². The van der Waals surface area contributed by atoms with Crippen molar-refractivity contribution in [2.75, 3.05) is 19.1 Å². The van der Waals surface area contributed by atoms with Gasteiger partial charge in [-0.2, -0.15) is 0 Å². The summed E-state index contributed by atoms with van der Waals surface area (Å²) in [5, 5.41) is 0.255. The van der Waals surface area contributed by atoms with Crippen LogP contribution in [-0.2, 0) is 4.74 Å². The largest absolute Gasteiger partial charge is 0.465 e. The van der Waals surface area contributed by atoms with Crippen LogP contribution in [0.3, 0.4) is 0 Å². The van der Waals surface area contributed by atoms with Gasteiger partial charge in [0.2, 0.25) is 0 Å². The summed E-state index contributed by atoms with van der Waals surface area (Å²) in [7, 11) is 2.86. The lowest BCUT2D eigenvalue weighted by Crippen LogP contribution is -2.28. The molecule has 0 saturated heterocycles.